The fraction of sp³-hybridized carbons (Fsp3) is 0.929. The zero-order valence-electron chi connectivity index (χ0n) is 12.3. The van der Waals surface area contributed by atoms with Gasteiger partial charge in [-0.25, -0.2) is 0 Å². The molecule has 1 amide bonds. The maximum absolute atomic E-state index is 11.9. The molecule has 1 aliphatic rings. The van der Waals surface area contributed by atoms with Crippen molar-refractivity contribution >= 4 is 5.91 Å². The number of carbonyl (C=O) groups excluding carboxylic acids is 1. The van der Waals surface area contributed by atoms with Crippen molar-refractivity contribution < 1.29 is 4.79 Å². The quantitative estimate of drug-likeness (QED) is 0.779. The monoisotopic (exact) mass is 255 g/mol. The second-order valence-electron chi connectivity index (χ2n) is 6.65. The Labute approximate surface area is 111 Å². The summed E-state index contributed by atoms with van der Waals surface area (Å²) < 4.78 is 0. The van der Waals surface area contributed by atoms with Crippen molar-refractivity contribution in [3.05, 3.63) is 0 Å². The zero-order chi connectivity index (χ0) is 13.8. The molecule has 4 heteroatoms. The van der Waals surface area contributed by atoms with Gasteiger partial charge in [-0.05, 0) is 38.3 Å². The highest BCUT2D eigenvalue weighted by Crippen LogP contribution is 2.19. The van der Waals surface area contributed by atoms with E-state index in [2.05, 4.69) is 37.9 Å². The maximum atomic E-state index is 11.9. The summed E-state index contributed by atoms with van der Waals surface area (Å²) in [5, 5.41) is 3.05. The molecule has 1 fully saturated rings. The highest BCUT2D eigenvalue weighted by atomic mass is 16.1. The summed E-state index contributed by atoms with van der Waals surface area (Å²) in [6.07, 6.45) is 2.99. The maximum Gasteiger partial charge on any atom is 0.221 e. The van der Waals surface area contributed by atoms with E-state index in [1.807, 2.05) is 0 Å². The number of carbonyl (C=O) groups is 1. The molecule has 2 unspecified atom stereocenters. The standard InChI is InChI=1S/C14H29N3O/c1-11(10-17-7-5-6-8-17)16-13(18)9-12(15)14(2,3)4/h11-12H,5-10,15H2,1-4H3,(H,16,18). The van der Waals surface area contributed by atoms with Crippen LogP contribution in [0.15, 0.2) is 0 Å². The molecule has 2 atom stereocenters. The lowest BCUT2D eigenvalue weighted by Crippen LogP contribution is -2.45. The van der Waals surface area contributed by atoms with Gasteiger partial charge in [0.1, 0.15) is 0 Å². The van der Waals surface area contributed by atoms with E-state index in [1.54, 1.807) is 0 Å². The van der Waals surface area contributed by atoms with Crippen LogP contribution in [-0.2, 0) is 4.79 Å². The summed E-state index contributed by atoms with van der Waals surface area (Å²) in [7, 11) is 0. The van der Waals surface area contributed by atoms with Crippen LogP contribution in [0, 0.1) is 5.41 Å². The summed E-state index contributed by atoms with van der Waals surface area (Å²) in [6, 6.07) is 0.124. The summed E-state index contributed by atoms with van der Waals surface area (Å²) in [5.74, 6) is 0.0733. The Balaban J connectivity index is 2.26. The first-order valence-corrected chi connectivity index (χ1v) is 7.06. The number of rotatable bonds is 5. The molecule has 4 nitrogen and oxygen atoms in total. The molecule has 1 rings (SSSR count). The van der Waals surface area contributed by atoms with Crippen LogP contribution >= 0.6 is 0 Å². The largest absolute Gasteiger partial charge is 0.352 e. The van der Waals surface area contributed by atoms with Gasteiger partial charge in [0.2, 0.25) is 5.91 Å². The minimum absolute atomic E-state index is 0.0183. The molecule has 0 saturated carbocycles. The van der Waals surface area contributed by atoms with Crippen LogP contribution in [0.3, 0.4) is 0 Å². The molecule has 0 bridgehead atoms. The minimum atomic E-state index is -0.0866. The first-order chi connectivity index (χ1) is 8.29. The van der Waals surface area contributed by atoms with E-state index >= 15 is 0 Å². The SMILES string of the molecule is CC(CN1CCCC1)NC(=O)CC(N)C(C)(C)C. The zero-order valence-corrected chi connectivity index (χ0v) is 12.3. The number of likely N-dealkylation sites (tertiary alicyclic amines) is 1. The van der Waals surface area contributed by atoms with Gasteiger partial charge < -0.3 is 16.0 Å². The number of amides is 1. The van der Waals surface area contributed by atoms with Crippen molar-refractivity contribution in [3.8, 4) is 0 Å². The number of hydrogen-bond donors (Lipinski definition) is 2. The van der Waals surface area contributed by atoms with E-state index in [0.717, 1.165) is 6.54 Å². The van der Waals surface area contributed by atoms with Gasteiger partial charge in [-0.15, -0.1) is 0 Å². The van der Waals surface area contributed by atoms with Gasteiger partial charge in [0.15, 0.2) is 0 Å². The highest BCUT2D eigenvalue weighted by molar-refractivity contribution is 5.76. The Bertz CT molecular complexity index is 267. The summed E-state index contributed by atoms with van der Waals surface area (Å²) in [6.45, 7) is 11.6. The van der Waals surface area contributed by atoms with Gasteiger partial charge in [0, 0.05) is 25.0 Å². The fourth-order valence-electron chi connectivity index (χ4n) is 2.24. The van der Waals surface area contributed by atoms with Gasteiger partial charge in [0.05, 0.1) is 0 Å². The molecule has 0 aliphatic carbocycles. The van der Waals surface area contributed by atoms with Crippen molar-refractivity contribution in [2.24, 2.45) is 11.1 Å². The van der Waals surface area contributed by atoms with E-state index in [9.17, 15) is 4.79 Å². The molecule has 18 heavy (non-hydrogen) atoms. The first kappa shape index (κ1) is 15.4. The van der Waals surface area contributed by atoms with Crippen LogP contribution in [0.2, 0.25) is 0 Å². The van der Waals surface area contributed by atoms with E-state index in [-0.39, 0.29) is 23.4 Å². The summed E-state index contributed by atoms with van der Waals surface area (Å²) >= 11 is 0. The van der Waals surface area contributed by atoms with Crippen LogP contribution in [0.4, 0.5) is 0 Å². The summed E-state index contributed by atoms with van der Waals surface area (Å²) in [4.78, 5) is 14.3. The number of hydrogen-bond acceptors (Lipinski definition) is 3. The minimum Gasteiger partial charge on any atom is -0.352 e. The average Bonchev–Trinajstić information content (AvgIpc) is 2.67. The normalized spacial score (nSPS) is 20.7. The molecule has 0 aromatic heterocycles. The Kier molecular flexibility index (Phi) is 5.60. The number of nitrogens with zero attached hydrogens (tertiary/aromatic N) is 1. The van der Waals surface area contributed by atoms with Gasteiger partial charge in [-0.2, -0.15) is 0 Å². The van der Waals surface area contributed by atoms with Crippen molar-refractivity contribution in [3.63, 3.8) is 0 Å². The van der Waals surface area contributed by atoms with Crippen molar-refractivity contribution in [1.29, 1.82) is 0 Å². The van der Waals surface area contributed by atoms with Crippen LogP contribution in [0.5, 0.6) is 0 Å². The predicted octanol–water partition coefficient (Wildman–Crippen LogP) is 1.35. The van der Waals surface area contributed by atoms with Gasteiger partial charge in [-0.3, -0.25) is 4.79 Å². The lowest BCUT2D eigenvalue weighted by atomic mass is 9.85. The van der Waals surface area contributed by atoms with Gasteiger partial charge in [0.25, 0.3) is 0 Å². The highest BCUT2D eigenvalue weighted by Gasteiger charge is 2.24. The third kappa shape index (κ3) is 5.36. The molecule has 3 N–H and O–H groups in total. The Hall–Kier alpha value is -0.610. The molecular weight excluding hydrogens is 226 g/mol. The van der Waals surface area contributed by atoms with Crippen LogP contribution < -0.4 is 11.1 Å². The Morgan fingerprint density at radius 2 is 1.89 bits per heavy atom. The Morgan fingerprint density at radius 3 is 2.39 bits per heavy atom. The third-order valence-corrected chi connectivity index (χ3v) is 3.66. The molecule has 1 saturated heterocycles. The predicted molar refractivity (Wildman–Crippen MR) is 75.3 cm³/mol. The number of nitrogens with one attached hydrogen (secondary N) is 1. The van der Waals surface area contributed by atoms with Crippen LogP contribution in [0.25, 0.3) is 0 Å². The Morgan fingerprint density at radius 1 is 1.33 bits per heavy atom. The van der Waals surface area contributed by atoms with Crippen molar-refractivity contribution in [2.75, 3.05) is 19.6 Å². The smallest absolute Gasteiger partial charge is 0.221 e. The van der Waals surface area contributed by atoms with Gasteiger partial charge in [-0.1, -0.05) is 20.8 Å². The van der Waals surface area contributed by atoms with Crippen molar-refractivity contribution in [2.45, 2.75) is 59.0 Å². The molecule has 1 aliphatic heterocycles. The van der Waals surface area contributed by atoms with Crippen molar-refractivity contribution in [1.82, 2.24) is 10.2 Å². The van der Waals surface area contributed by atoms with E-state index in [0.29, 0.717) is 6.42 Å². The van der Waals surface area contributed by atoms with E-state index < -0.39 is 0 Å². The van der Waals surface area contributed by atoms with E-state index in [4.69, 9.17) is 5.73 Å². The number of nitrogens with two attached hydrogens (primary N) is 1. The van der Waals surface area contributed by atoms with E-state index in [1.165, 1.54) is 25.9 Å². The van der Waals surface area contributed by atoms with Crippen LogP contribution in [-0.4, -0.2) is 42.5 Å². The van der Waals surface area contributed by atoms with Gasteiger partial charge >= 0.3 is 0 Å². The third-order valence-electron chi connectivity index (χ3n) is 3.66. The topological polar surface area (TPSA) is 58.4 Å². The fourth-order valence-corrected chi connectivity index (χ4v) is 2.24. The molecule has 0 spiro atoms. The second-order valence-corrected chi connectivity index (χ2v) is 6.65. The lowest BCUT2D eigenvalue weighted by molar-refractivity contribution is -0.122. The molecule has 0 aromatic carbocycles. The molecule has 1 heterocycles. The molecule has 106 valence electrons. The molecular formula is C14H29N3O. The average molecular weight is 255 g/mol. The summed E-state index contributed by atoms with van der Waals surface area (Å²) in [5.41, 5.74) is 6.00. The second kappa shape index (κ2) is 6.53. The first-order valence-electron chi connectivity index (χ1n) is 7.06. The lowest BCUT2D eigenvalue weighted by Gasteiger charge is -2.27. The molecule has 0 radical (unpaired) electrons. The van der Waals surface area contributed by atoms with Crippen LogP contribution in [0.1, 0.15) is 47.0 Å². The molecule has 0 aromatic rings.